The highest BCUT2D eigenvalue weighted by atomic mass is 16.2. The fourth-order valence-corrected chi connectivity index (χ4v) is 2.46. The van der Waals surface area contributed by atoms with Crippen LogP contribution in [0.3, 0.4) is 0 Å². The van der Waals surface area contributed by atoms with Crippen molar-refractivity contribution in [3.05, 3.63) is 0 Å². The minimum atomic E-state index is -0.243. The fourth-order valence-electron chi connectivity index (χ4n) is 2.46. The maximum Gasteiger partial charge on any atom is 0.244 e. The lowest BCUT2D eigenvalue weighted by molar-refractivity contribution is -0.126. The third kappa shape index (κ3) is 2.03. The Morgan fingerprint density at radius 2 is 2.27 bits per heavy atom. The topological polar surface area (TPSA) is 61.4 Å². The van der Waals surface area contributed by atoms with Gasteiger partial charge in [0.1, 0.15) is 0 Å². The van der Waals surface area contributed by atoms with Gasteiger partial charge in [0.05, 0.1) is 12.5 Å². The van der Waals surface area contributed by atoms with Crippen LogP contribution in [0.15, 0.2) is 0 Å². The van der Waals surface area contributed by atoms with Gasteiger partial charge in [-0.15, -0.1) is 0 Å². The number of nitrogens with one attached hydrogen (secondary N) is 2. The average molecular weight is 211 g/mol. The first-order chi connectivity index (χ1) is 7.22. The molecular weight excluding hydrogens is 194 g/mol. The van der Waals surface area contributed by atoms with Crippen LogP contribution in [0.4, 0.5) is 0 Å². The maximum atomic E-state index is 11.5. The van der Waals surface area contributed by atoms with Crippen LogP contribution in [-0.2, 0) is 9.59 Å². The summed E-state index contributed by atoms with van der Waals surface area (Å²) in [6.45, 7) is 4.78. The van der Waals surface area contributed by atoms with E-state index in [1.165, 1.54) is 0 Å². The van der Waals surface area contributed by atoms with Gasteiger partial charge in [0.2, 0.25) is 11.8 Å². The molecule has 84 valence electrons. The Morgan fingerprint density at radius 3 is 2.73 bits per heavy atom. The van der Waals surface area contributed by atoms with Crippen molar-refractivity contribution in [2.75, 3.05) is 19.6 Å². The third-order valence-electron chi connectivity index (χ3n) is 3.21. The van der Waals surface area contributed by atoms with E-state index >= 15 is 0 Å². The molecule has 5 nitrogen and oxygen atoms in total. The molecule has 0 saturated carbocycles. The molecule has 0 spiro atoms. The van der Waals surface area contributed by atoms with E-state index < -0.39 is 0 Å². The minimum Gasteiger partial charge on any atom is -0.315 e. The van der Waals surface area contributed by atoms with Crippen LogP contribution < -0.4 is 10.6 Å². The summed E-state index contributed by atoms with van der Waals surface area (Å²) in [6, 6.07) is 0.157. The van der Waals surface area contributed by atoms with Crippen LogP contribution in [0.1, 0.15) is 19.8 Å². The van der Waals surface area contributed by atoms with Crippen LogP contribution in [-0.4, -0.2) is 48.4 Å². The molecule has 0 radical (unpaired) electrons. The van der Waals surface area contributed by atoms with Crippen molar-refractivity contribution < 1.29 is 9.59 Å². The van der Waals surface area contributed by atoms with Gasteiger partial charge in [-0.1, -0.05) is 6.92 Å². The number of amides is 2. The summed E-state index contributed by atoms with van der Waals surface area (Å²) >= 11 is 0. The van der Waals surface area contributed by atoms with Gasteiger partial charge < -0.3 is 5.32 Å². The van der Waals surface area contributed by atoms with Gasteiger partial charge >= 0.3 is 0 Å². The second kappa shape index (κ2) is 4.28. The van der Waals surface area contributed by atoms with E-state index in [-0.39, 0.29) is 17.9 Å². The molecule has 2 atom stereocenters. The molecule has 2 rings (SSSR count). The summed E-state index contributed by atoms with van der Waals surface area (Å²) in [5.41, 5.74) is 0. The molecule has 2 unspecified atom stereocenters. The van der Waals surface area contributed by atoms with Crippen LogP contribution in [0.5, 0.6) is 0 Å². The number of rotatable bonds is 3. The third-order valence-corrected chi connectivity index (χ3v) is 3.21. The normalized spacial score (nSPS) is 31.3. The molecule has 2 saturated heterocycles. The Morgan fingerprint density at radius 1 is 1.47 bits per heavy atom. The number of likely N-dealkylation sites (N-methyl/N-ethyl adjacent to an activating group) is 1. The molecule has 2 fully saturated rings. The second-order valence-electron chi connectivity index (χ2n) is 4.11. The summed E-state index contributed by atoms with van der Waals surface area (Å²) in [5.74, 6) is -0.275. The molecule has 15 heavy (non-hydrogen) atoms. The Balaban J connectivity index is 2.05. The number of imide groups is 1. The fraction of sp³-hybridized carbons (Fsp3) is 0.800. The first kappa shape index (κ1) is 10.6. The zero-order valence-corrected chi connectivity index (χ0v) is 8.95. The van der Waals surface area contributed by atoms with Crippen molar-refractivity contribution in [2.45, 2.75) is 31.8 Å². The highest BCUT2D eigenvalue weighted by Crippen LogP contribution is 2.17. The molecule has 2 heterocycles. The molecule has 2 aliphatic heterocycles. The Labute approximate surface area is 89.2 Å². The van der Waals surface area contributed by atoms with Gasteiger partial charge in [-0.2, -0.15) is 0 Å². The molecule has 0 bridgehead atoms. The highest BCUT2D eigenvalue weighted by Gasteiger charge is 2.38. The van der Waals surface area contributed by atoms with E-state index in [2.05, 4.69) is 15.5 Å². The number of carbonyl (C=O) groups is 2. The van der Waals surface area contributed by atoms with E-state index in [9.17, 15) is 9.59 Å². The van der Waals surface area contributed by atoms with Gasteiger partial charge in [-0.3, -0.25) is 19.8 Å². The first-order valence-corrected chi connectivity index (χ1v) is 5.52. The summed E-state index contributed by atoms with van der Waals surface area (Å²) in [6.07, 6.45) is 1.38. The molecule has 0 aliphatic carbocycles. The Hall–Kier alpha value is -0.940. The van der Waals surface area contributed by atoms with Gasteiger partial charge in [-0.25, -0.2) is 0 Å². The van der Waals surface area contributed by atoms with Crippen LogP contribution in [0.25, 0.3) is 0 Å². The molecule has 2 amide bonds. The zero-order chi connectivity index (χ0) is 10.8. The first-order valence-electron chi connectivity index (χ1n) is 5.52. The number of hydrogen-bond donors (Lipinski definition) is 2. The van der Waals surface area contributed by atoms with E-state index in [1.807, 2.05) is 6.92 Å². The van der Waals surface area contributed by atoms with E-state index in [0.29, 0.717) is 12.5 Å². The van der Waals surface area contributed by atoms with Crippen LogP contribution in [0, 0.1) is 0 Å². The lowest BCUT2D eigenvalue weighted by Gasteiger charge is -2.30. The van der Waals surface area contributed by atoms with Gasteiger partial charge in [-0.05, 0) is 19.5 Å². The molecule has 2 aliphatic rings. The standard InChI is InChI=1S/C10H17N3O2/c1-2-13(7-3-4-11-6-7)8-5-9(14)12-10(8)15/h7-8,11H,2-6H2,1H3,(H,12,14,15). The second-order valence-corrected chi connectivity index (χ2v) is 4.11. The summed E-state index contributed by atoms with van der Waals surface area (Å²) in [5, 5.41) is 5.64. The SMILES string of the molecule is CCN(C1CCNC1)C1CC(=O)NC1=O. The molecule has 0 aromatic rings. The number of hydrogen-bond acceptors (Lipinski definition) is 4. The Bertz CT molecular complexity index is 274. The predicted octanol–water partition coefficient (Wildman–Crippen LogP) is -0.915. The summed E-state index contributed by atoms with van der Waals surface area (Å²) in [7, 11) is 0. The molecule has 0 aromatic heterocycles. The maximum absolute atomic E-state index is 11.5. The van der Waals surface area contributed by atoms with Crippen LogP contribution in [0.2, 0.25) is 0 Å². The van der Waals surface area contributed by atoms with Crippen molar-refractivity contribution >= 4 is 11.8 Å². The summed E-state index contributed by atoms with van der Waals surface area (Å²) < 4.78 is 0. The Kier molecular flexibility index (Phi) is 3.02. The average Bonchev–Trinajstić information content (AvgIpc) is 2.79. The van der Waals surface area contributed by atoms with Crippen molar-refractivity contribution in [3.8, 4) is 0 Å². The van der Waals surface area contributed by atoms with Crippen molar-refractivity contribution in [1.82, 2.24) is 15.5 Å². The van der Waals surface area contributed by atoms with Gasteiger partial charge in [0, 0.05) is 12.6 Å². The smallest absolute Gasteiger partial charge is 0.244 e. The van der Waals surface area contributed by atoms with Crippen molar-refractivity contribution in [2.24, 2.45) is 0 Å². The number of carbonyl (C=O) groups excluding carboxylic acids is 2. The quantitative estimate of drug-likeness (QED) is 0.593. The van der Waals surface area contributed by atoms with Crippen molar-refractivity contribution in [3.63, 3.8) is 0 Å². The lowest BCUT2D eigenvalue weighted by Crippen LogP contribution is -2.47. The van der Waals surface area contributed by atoms with Gasteiger partial charge in [0.15, 0.2) is 0 Å². The predicted molar refractivity (Wildman–Crippen MR) is 55.2 cm³/mol. The van der Waals surface area contributed by atoms with E-state index in [4.69, 9.17) is 0 Å². The molecule has 0 aromatic carbocycles. The van der Waals surface area contributed by atoms with E-state index in [0.717, 1.165) is 26.1 Å². The molecule has 5 heteroatoms. The largest absolute Gasteiger partial charge is 0.315 e. The van der Waals surface area contributed by atoms with Gasteiger partial charge in [0.25, 0.3) is 0 Å². The van der Waals surface area contributed by atoms with Crippen LogP contribution >= 0.6 is 0 Å². The molecule has 2 N–H and O–H groups in total. The van der Waals surface area contributed by atoms with E-state index in [1.54, 1.807) is 0 Å². The lowest BCUT2D eigenvalue weighted by atomic mass is 10.1. The summed E-state index contributed by atoms with van der Waals surface area (Å²) in [4.78, 5) is 24.8. The minimum absolute atomic E-state index is 0.131. The van der Waals surface area contributed by atoms with Crippen molar-refractivity contribution in [1.29, 1.82) is 0 Å². The molecular formula is C10H17N3O2. The monoisotopic (exact) mass is 211 g/mol. The number of nitrogens with zero attached hydrogens (tertiary/aromatic N) is 1. The zero-order valence-electron chi connectivity index (χ0n) is 8.95. The highest BCUT2D eigenvalue weighted by molar-refractivity contribution is 6.05.